The zero-order chi connectivity index (χ0) is 20.6. The molecule has 3 heterocycles. The van der Waals surface area contributed by atoms with Crippen molar-refractivity contribution in [3.63, 3.8) is 0 Å². The predicted octanol–water partition coefficient (Wildman–Crippen LogP) is 1.77. The highest BCUT2D eigenvalue weighted by molar-refractivity contribution is 5.90. The number of piperidine rings is 1. The fourth-order valence-electron chi connectivity index (χ4n) is 3.61. The summed E-state index contributed by atoms with van der Waals surface area (Å²) in [6, 6.07) is 4.84. The second-order valence-corrected chi connectivity index (χ2v) is 7.47. The maximum atomic E-state index is 14.4. The normalized spacial score (nSPS) is 18.9. The molecular formula is C19H18F2N6O2. The van der Waals surface area contributed by atoms with Crippen molar-refractivity contribution in [2.24, 2.45) is 5.41 Å². The van der Waals surface area contributed by atoms with Gasteiger partial charge in [-0.1, -0.05) is 0 Å². The summed E-state index contributed by atoms with van der Waals surface area (Å²) in [5, 5.41) is 11.3. The fraction of sp³-hybridized carbons (Fsp3) is 0.421. The van der Waals surface area contributed by atoms with Crippen LogP contribution in [0.2, 0.25) is 0 Å². The molecule has 0 atom stereocenters. The third-order valence-corrected chi connectivity index (χ3v) is 5.56. The van der Waals surface area contributed by atoms with Gasteiger partial charge in [0.05, 0.1) is 30.3 Å². The average molecular weight is 400 g/mol. The molecule has 1 amide bonds. The molecule has 1 spiro atoms. The van der Waals surface area contributed by atoms with Gasteiger partial charge in [-0.3, -0.25) is 9.36 Å². The third kappa shape index (κ3) is 3.68. The highest BCUT2D eigenvalue weighted by Crippen LogP contribution is 2.61. The van der Waals surface area contributed by atoms with E-state index < -0.39 is 29.5 Å². The predicted molar refractivity (Wildman–Crippen MR) is 99.5 cm³/mol. The summed E-state index contributed by atoms with van der Waals surface area (Å²) >= 11 is 0. The highest BCUT2D eigenvalue weighted by atomic mass is 19.3. The standard InChI is InChI=1S/C19H18F2N6O2/c20-19(21)12-26(6-5-18(19)3-4-18)15-9-24-17(29)27(10-15)11-16(28)25-14-2-1-13(7-22)23-8-14/h1-2,8-10H,3-6,11-12H2,(H,25,28). The second kappa shape index (κ2) is 6.92. The molecule has 4 rings (SSSR count). The van der Waals surface area contributed by atoms with Gasteiger partial charge in [-0.25, -0.2) is 18.6 Å². The number of hydrogen-bond acceptors (Lipinski definition) is 6. The quantitative estimate of drug-likeness (QED) is 0.839. The number of aromatic nitrogens is 3. The zero-order valence-corrected chi connectivity index (χ0v) is 15.4. The van der Waals surface area contributed by atoms with E-state index in [2.05, 4.69) is 15.3 Å². The molecular weight excluding hydrogens is 382 g/mol. The number of alkyl halides is 2. The first-order valence-electron chi connectivity index (χ1n) is 9.17. The minimum absolute atomic E-state index is 0.211. The van der Waals surface area contributed by atoms with Gasteiger partial charge in [-0.15, -0.1) is 0 Å². The second-order valence-electron chi connectivity index (χ2n) is 7.47. The van der Waals surface area contributed by atoms with Crippen LogP contribution in [0.5, 0.6) is 0 Å². The van der Waals surface area contributed by atoms with Crippen LogP contribution >= 0.6 is 0 Å². The topological polar surface area (TPSA) is 104 Å². The van der Waals surface area contributed by atoms with Crippen LogP contribution in [0.3, 0.4) is 0 Å². The molecule has 1 aliphatic heterocycles. The van der Waals surface area contributed by atoms with E-state index in [0.717, 1.165) is 4.57 Å². The van der Waals surface area contributed by atoms with Crippen LogP contribution in [0.4, 0.5) is 20.2 Å². The van der Waals surface area contributed by atoms with E-state index in [4.69, 9.17) is 5.26 Å². The number of amides is 1. The molecule has 1 saturated carbocycles. The van der Waals surface area contributed by atoms with Crippen LogP contribution in [-0.4, -0.2) is 39.5 Å². The van der Waals surface area contributed by atoms with E-state index >= 15 is 0 Å². The number of hydrogen-bond donors (Lipinski definition) is 1. The number of pyridine rings is 1. The Kier molecular flexibility index (Phi) is 4.53. The summed E-state index contributed by atoms with van der Waals surface area (Å²) in [7, 11) is 0. The molecule has 0 bridgehead atoms. The Hall–Kier alpha value is -3.35. The van der Waals surface area contributed by atoms with Crippen LogP contribution in [0.25, 0.3) is 0 Å². The maximum Gasteiger partial charge on any atom is 0.348 e. The van der Waals surface area contributed by atoms with Gasteiger partial charge in [0.2, 0.25) is 5.91 Å². The largest absolute Gasteiger partial charge is 0.363 e. The average Bonchev–Trinajstić information content (AvgIpc) is 3.48. The van der Waals surface area contributed by atoms with E-state index in [0.29, 0.717) is 37.2 Å². The lowest BCUT2D eigenvalue weighted by molar-refractivity contribution is -0.116. The van der Waals surface area contributed by atoms with Crippen molar-refractivity contribution in [3.05, 3.63) is 46.9 Å². The van der Waals surface area contributed by atoms with Crippen molar-refractivity contribution in [2.75, 3.05) is 23.3 Å². The molecule has 10 heteroatoms. The monoisotopic (exact) mass is 400 g/mol. The van der Waals surface area contributed by atoms with Crippen LogP contribution < -0.4 is 15.9 Å². The van der Waals surface area contributed by atoms with Crippen molar-refractivity contribution in [2.45, 2.75) is 31.7 Å². The number of nitrogens with one attached hydrogen (secondary N) is 1. The summed E-state index contributed by atoms with van der Waals surface area (Å²) < 4.78 is 30.0. The number of halogens is 2. The number of rotatable bonds is 4. The number of carbonyl (C=O) groups is 1. The van der Waals surface area contributed by atoms with Gasteiger partial charge >= 0.3 is 5.69 Å². The van der Waals surface area contributed by atoms with Gasteiger partial charge in [0.15, 0.2) is 0 Å². The van der Waals surface area contributed by atoms with Gasteiger partial charge < -0.3 is 10.2 Å². The molecule has 8 nitrogen and oxygen atoms in total. The van der Waals surface area contributed by atoms with Gasteiger partial charge in [-0.2, -0.15) is 10.2 Å². The Morgan fingerprint density at radius 2 is 2.03 bits per heavy atom. The molecule has 1 N–H and O–H groups in total. The van der Waals surface area contributed by atoms with Gasteiger partial charge in [0.1, 0.15) is 18.3 Å². The first kappa shape index (κ1) is 19.0. The molecule has 150 valence electrons. The molecule has 0 aromatic carbocycles. The molecule has 0 unspecified atom stereocenters. The summed E-state index contributed by atoms with van der Waals surface area (Å²) in [6.45, 7) is -0.289. The van der Waals surface area contributed by atoms with Gasteiger partial charge in [0.25, 0.3) is 5.92 Å². The first-order chi connectivity index (χ1) is 13.8. The Balaban J connectivity index is 1.46. The minimum atomic E-state index is -2.79. The highest BCUT2D eigenvalue weighted by Gasteiger charge is 2.63. The number of nitrogens with zero attached hydrogens (tertiary/aromatic N) is 5. The lowest BCUT2D eigenvalue weighted by Gasteiger charge is -2.39. The summed E-state index contributed by atoms with van der Waals surface area (Å²) in [4.78, 5) is 33.4. The Morgan fingerprint density at radius 3 is 2.66 bits per heavy atom. The smallest absolute Gasteiger partial charge is 0.348 e. The van der Waals surface area contributed by atoms with Crippen molar-refractivity contribution >= 4 is 17.3 Å². The Morgan fingerprint density at radius 1 is 1.24 bits per heavy atom. The van der Waals surface area contributed by atoms with Crippen molar-refractivity contribution < 1.29 is 13.6 Å². The number of anilines is 2. The fourth-order valence-corrected chi connectivity index (χ4v) is 3.61. The molecule has 1 aliphatic carbocycles. The van der Waals surface area contributed by atoms with E-state index in [1.165, 1.54) is 35.6 Å². The molecule has 2 aliphatic rings. The molecule has 1 saturated heterocycles. The van der Waals surface area contributed by atoms with Crippen molar-refractivity contribution in [3.8, 4) is 6.07 Å². The van der Waals surface area contributed by atoms with E-state index in [1.54, 1.807) is 0 Å². The summed E-state index contributed by atoms with van der Waals surface area (Å²) in [5.41, 5.74) is -0.545. The first-order valence-corrected chi connectivity index (χ1v) is 9.17. The summed E-state index contributed by atoms with van der Waals surface area (Å²) in [5.74, 6) is -3.29. The molecule has 29 heavy (non-hydrogen) atoms. The van der Waals surface area contributed by atoms with Gasteiger partial charge in [0, 0.05) is 18.2 Å². The van der Waals surface area contributed by atoms with Crippen LogP contribution in [0, 0.1) is 16.7 Å². The van der Waals surface area contributed by atoms with Crippen molar-refractivity contribution in [1.82, 2.24) is 14.5 Å². The lowest BCUT2D eigenvalue weighted by atomic mass is 9.89. The number of carbonyl (C=O) groups excluding carboxylic acids is 1. The summed E-state index contributed by atoms with van der Waals surface area (Å²) in [6.07, 6.45) is 5.48. The maximum absolute atomic E-state index is 14.4. The Bertz CT molecular complexity index is 1040. The lowest BCUT2D eigenvalue weighted by Crippen LogP contribution is -2.50. The Labute approximate surface area is 164 Å². The van der Waals surface area contributed by atoms with E-state index in [1.807, 2.05) is 6.07 Å². The van der Waals surface area contributed by atoms with Crippen LogP contribution in [-0.2, 0) is 11.3 Å². The molecule has 0 radical (unpaired) electrons. The van der Waals surface area contributed by atoms with Crippen LogP contribution in [0.1, 0.15) is 25.0 Å². The minimum Gasteiger partial charge on any atom is -0.363 e. The van der Waals surface area contributed by atoms with Crippen LogP contribution in [0.15, 0.2) is 35.5 Å². The van der Waals surface area contributed by atoms with Gasteiger partial charge in [-0.05, 0) is 31.4 Å². The number of nitriles is 1. The molecule has 2 aromatic rings. The van der Waals surface area contributed by atoms with Crippen molar-refractivity contribution in [1.29, 1.82) is 5.26 Å². The SMILES string of the molecule is N#Cc1ccc(NC(=O)Cn2cc(N3CCC4(CC4)C(F)(F)C3)cnc2=O)cn1. The molecule has 2 fully saturated rings. The van der Waals surface area contributed by atoms with E-state index in [-0.39, 0.29) is 12.2 Å². The van der Waals surface area contributed by atoms with E-state index in [9.17, 15) is 18.4 Å². The third-order valence-electron chi connectivity index (χ3n) is 5.56. The zero-order valence-electron chi connectivity index (χ0n) is 15.4. The molecule has 2 aromatic heterocycles.